The number of rotatable bonds is 16. The van der Waals surface area contributed by atoms with Gasteiger partial charge in [-0.15, -0.1) is 0 Å². The number of aliphatic carboxylic acids is 1. The van der Waals surface area contributed by atoms with Gasteiger partial charge in [0, 0.05) is 62.4 Å². The standard InChI is InChI=1S/C18H22N2O3.C18H20N2O2.C16H18N2O3.Li.H2O/c1-4-23-17(21)10-8-15-7-5-13(3)20(15)16-9-6-14(18(19)22)11-12(16)2;1-4-22-18(21)10-8-16-7-5-14(3)20(16)17-9-6-15(12-19)11-13(17)2;1-10-9-12(16(17)21)4-7-14(10)18-11(2)3-5-13(18)6-8-15(19)20;;/h5-7,9,11H,4,8,10H2,1-3H3,(H2,19,22);5-7,9,11H,4,8,10H2,1-3H3;3-5,7,9H,6,8H2,1-2H3,(H2,17,21)(H,19,20);;1H2/q;;;+1;/p-1. The summed E-state index contributed by atoms with van der Waals surface area (Å²) in [6, 6.07) is 30.5. The summed E-state index contributed by atoms with van der Waals surface area (Å²) < 4.78 is 16.2. The van der Waals surface area contributed by atoms with Crippen molar-refractivity contribution in [2.45, 2.75) is 93.9 Å². The molecular formula is C52H61LiN6O9. The van der Waals surface area contributed by atoms with E-state index < -0.39 is 17.8 Å². The molecular weight excluding hydrogens is 860 g/mol. The first-order chi connectivity index (χ1) is 31.4. The van der Waals surface area contributed by atoms with Gasteiger partial charge in [0.15, 0.2) is 0 Å². The Hall–Kier alpha value is -7.10. The van der Waals surface area contributed by atoms with Crippen LogP contribution in [0.1, 0.15) is 110 Å². The second-order valence-corrected chi connectivity index (χ2v) is 15.8. The Morgan fingerprint density at radius 1 is 0.544 bits per heavy atom. The first-order valence-corrected chi connectivity index (χ1v) is 21.8. The predicted octanol–water partition coefficient (Wildman–Crippen LogP) is 5.19. The van der Waals surface area contributed by atoms with Crippen molar-refractivity contribution in [2.24, 2.45) is 11.5 Å². The Kier molecular flexibility index (Phi) is 22.6. The topological polar surface area (TPSA) is 245 Å². The van der Waals surface area contributed by atoms with Gasteiger partial charge in [-0.3, -0.25) is 24.0 Å². The van der Waals surface area contributed by atoms with E-state index in [0.29, 0.717) is 62.0 Å². The number of benzene rings is 3. The van der Waals surface area contributed by atoms with E-state index in [9.17, 15) is 24.0 Å². The van der Waals surface area contributed by atoms with E-state index in [1.165, 1.54) is 0 Å². The summed E-state index contributed by atoms with van der Waals surface area (Å²) in [7, 11) is 0. The molecule has 0 bridgehead atoms. The van der Waals surface area contributed by atoms with Crippen LogP contribution in [0.15, 0.2) is 91.0 Å². The number of carbonyl (C=O) groups excluding carboxylic acids is 4. The van der Waals surface area contributed by atoms with Crippen LogP contribution in [-0.2, 0) is 43.1 Å². The molecule has 0 fully saturated rings. The molecule has 16 heteroatoms. The molecule has 0 saturated carbocycles. The summed E-state index contributed by atoms with van der Waals surface area (Å²) in [5, 5.41) is 17.8. The van der Waals surface area contributed by atoms with Gasteiger partial charge in [0.1, 0.15) is 0 Å². The third kappa shape index (κ3) is 15.2. The van der Waals surface area contributed by atoms with Crippen molar-refractivity contribution in [1.29, 1.82) is 5.26 Å². The molecule has 6 N–H and O–H groups in total. The maximum Gasteiger partial charge on any atom is 1.00 e. The molecule has 354 valence electrons. The first kappa shape index (κ1) is 57.0. The van der Waals surface area contributed by atoms with Crippen LogP contribution in [0.3, 0.4) is 0 Å². The van der Waals surface area contributed by atoms with Crippen LogP contribution >= 0.6 is 0 Å². The molecule has 6 aromatic rings. The van der Waals surface area contributed by atoms with E-state index in [1.807, 2.05) is 120 Å². The molecule has 0 radical (unpaired) electrons. The van der Waals surface area contributed by atoms with Crippen LogP contribution in [0.2, 0.25) is 0 Å². The molecule has 0 aliphatic heterocycles. The van der Waals surface area contributed by atoms with E-state index >= 15 is 0 Å². The number of ether oxygens (including phenoxy) is 2. The third-order valence-corrected chi connectivity index (χ3v) is 10.9. The molecule has 0 aliphatic carbocycles. The SMILES string of the molecule is CCOC(=O)CCc1ccc(C)n1-c1ccc(C#N)cc1C.CCOC(=O)CCc1ccc(C)n1-c1ccc(C(N)=O)cc1C.Cc1cc(C(N)=O)ccc1-n1c(C)ccc1CCC(=O)O.[Li+].[OH-]. The van der Waals surface area contributed by atoms with Crippen molar-refractivity contribution in [3.8, 4) is 23.1 Å². The first-order valence-electron chi connectivity index (χ1n) is 21.8. The summed E-state index contributed by atoms with van der Waals surface area (Å²) in [5.74, 6) is -2.09. The van der Waals surface area contributed by atoms with Crippen molar-refractivity contribution in [1.82, 2.24) is 13.7 Å². The van der Waals surface area contributed by atoms with Crippen LogP contribution in [-0.4, -0.2) is 67.2 Å². The number of carboxylic acid groups (broad SMARTS) is 1. The molecule has 3 aromatic heterocycles. The zero-order chi connectivity index (χ0) is 48.7. The van der Waals surface area contributed by atoms with Crippen LogP contribution in [0.5, 0.6) is 0 Å². The van der Waals surface area contributed by atoms with Gasteiger partial charge in [-0.05, 0) is 182 Å². The average molecular weight is 921 g/mol. The Balaban J connectivity index is 0.000000345. The minimum Gasteiger partial charge on any atom is -0.870 e. The van der Waals surface area contributed by atoms with Crippen molar-refractivity contribution in [2.75, 3.05) is 13.2 Å². The molecule has 0 atom stereocenters. The minimum absolute atomic E-state index is 0. The monoisotopic (exact) mass is 920 g/mol. The number of hydrogen-bond donors (Lipinski definition) is 3. The molecule has 0 unspecified atom stereocenters. The number of aryl methyl sites for hydroxylation is 9. The zero-order valence-corrected chi connectivity index (χ0v) is 40.5. The molecule has 68 heavy (non-hydrogen) atoms. The number of amides is 2. The van der Waals surface area contributed by atoms with Gasteiger partial charge in [0.05, 0.1) is 44.1 Å². The summed E-state index contributed by atoms with van der Waals surface area (Å²) in [6.07, 6.45) is 2.49. The van der Waals surface area contributed by atoms with Crippen LogP contribution in [0.4, 0.5) is 0 Å². The summed E-state index contributed by atoms with van der Waals surface area (Å²) in [6.45, 7) is 16.3. The Morgan fingerprint density at radius 3 is 1.18 bits per heavy atom. The van der Waals surface area contributed by atoms with E-state index in [4.69, 9.17) is 31.3 Å². The molecule has 2 amide bonds. The molecule has 0 spiro atoms. The smallest absolute Gasteiger partial charge is 0.870 e. The fourth-order valence-corrected chi connectivity index (χ4v) is 7.65. The quantitative estimate of drug-likeness (QED) is 0.0848. The number of esters is 2. The van der Waals surface area contributed by atoms with E-state index in [1.54, 1.807) is 31.2 Å². The van der Waals surface area contributed by atoms with Gasteiger partial charge in [-0.1, -0.05) is 0 Å². The van der Waals surface area contributed by atoms with Gasteiger partial charge >= 0.3 is 36.8 Å². The maximum absolute atomic E-state index is 11.6. The minimum atomic E-state index is -0.818. The van der Waals surface area contributed by atoms with Gasteiger partial charge in [-0.2, -0.15) is 5.26 Å². The number of nitrogens with zero attached hydrogens (tertiary/aromatic N) is 4. The Morgan fingerprint density at radius 2 is 0.882 bits per heavy atom. The number of nitrogens with two attached hydrogens (primary N) is 2. The summed E-state index contributed by atoms with van der Waals surface area (Å²) in [4.78, 5) is 56.4. The molecule has 15 nitrogen and oxygen atoms in total. The number of aromatic nitrogens is 3. The van der Waals surface area contributed by atoms with Crippen molar-refractivity contribution in [3.63, 3.8) is 0 Å². The Labute approximate surface area is 410 Å². The van der Waals surface area contributed by atoms with Crippen LogP contribution in [0, 0.1) is 52.9 Å². The van der Waals surface area contributed by atoms with Gasteiger partial charge in [0.2, 0.25) is 11.8 Å². The molecule has 0 saturated heterocycles. The summed E-state index contributed by atoms with van der Waals surface area (Å²) in [5.41, 5.74) is 24.3. The zero-order valence-electron chi connectivity index (χ0n) is 40.5. The average Bonchev–Trinajstić information content (AvgIpc) is 3.96. The van der Waals surface area contributed by atoms with E-state index in [2.05, 4.69) is 15.2 Å². The number of hydrogen-bond acceptors (Lipinski definition) is 9. The van der Waals surface area contributed by atoms with Crippen molar-refractivity contribution >= 4 is 29.7 Å². The Bertz CT molecular complexity index is 2760. The fourth-order valence-electron chi connectivity index (χ4n) is 7.65. The number of carboxylic acids is 1. The van der Waals surface area contributed by atoms with Crippen molar-refractivity contribution in [3.05, 3.63) is 159 Å². The van der Waals surface area contributed by atoms with Gasteiger partial charge < -0.3 is 45.2 Å². The van der Waals surface area contributed by atoms with E-state index in [-0.39, 0.29) is 42.7 Å². The predicted molar refractivity (Wildman–Crippen MR) is 255 cm³/mol. The fraction of sp³-hybridized carbons (Fsp3) is 0.308. The number of carbonyl (C=O) groups is 5. The van der Waals surface area contributed by atoms with Crippen molar-refractivity contribution < 1.29 is 62.9 Å². The van der Waals surface area contributed by atoms with Gasteiger partial charge in [0.25, 0.3) is 0 Å². The summed E-state index contributed by atoms with van der Waals surface area (Å²) >= 11 is 0. The third-order valence-electron chi connectivity index (χ3n) is 10.9. The number of nitriles is 1. The normalized spacial score (nSPS) is 10.2. The molecule has 6 rings (SSSR count). The van der Waals surface area contributed by atoms with E-state index in [0.717, 1.165) is 67.9 Å². The number of primary amides is 2. The molecule has 3 heterocycles. The van der Waals surface area contributed by atoms with Crippen LogP contribution < -0.4 is 30.3 Å². The molecule has 0 aliphatic rings. The van der Waals surface area contributed by atoms with Gasteiger partial charge in [-0.25, -0.2) is 0 Å². The second kappa shape index (κ2) is 26.9. The van der Waals surface area contributed by atoms with Crippen LogP contribution in [0.25, 0.3) is 17.1 Å². The largest absolute Gasteiger partial charge is 1.00 e. The molecule has 3 aromatic carbocycles. The second-order valence-electron chi connectivity index (χ2n) is 15.8. The maximum atomic E-state index is 11.6.